The van der Waals surface area contributed by atoms with Gasteiger partial charge in [0.2, 0.25) is 21.8 Å². The van der Waals surface area contributed by atoms with Gasteiger partial charge in [0.05, 0.1) is 6.26 Å². The number of hydrogen-bond donors (Lipinski definition) is 4. The van der Waals surface area contributed by atoms with Crippen LogP contribution in [0.3, 0.4) is 0 Å². The highest BCUT2D eigenvalue weighted by Crippen LogP contribution is 2.34. The zero-order chi connectivity index (χ0) is 20.7. The minimum absolute atomic E-state index is 0.189. The van der Waals surface area contributed by atoms with Crippen LogP contribution >= 0.6 is 0 Å². The molecule has 1 aromatic heterocycles. The molecule has 28 heavy (non-hydrogen) atoms. The number of para-hydroxylation sites is 1. The molecule has 152 valence electrons. The molecule has 2 aromatic rings. The first-order valence-electron chi connectivity index (χ1n) is 9.20. The molecule has 3 rings (SSSR count). The van der Waals surface area contributed by atoms with Gasteiger partial charge in [-0.15, -0.1) is 0 Å². The van der Waals surface area contributed by atoms with E-state index in [0.29, 0.717) is 6.42 Å². The van der Waals surface area contributed by atoms with Crippen molar-refractivity contribution in [3.05, 3.63) is 35.5 Å². The number of hydrogen-bond acceptors (Lipinski definition) is 4. The Hall–Kier alpha value is -2.39. The maximum atomic E-state index is 13.2. The van der Waals surface area contributed by atoms with Crippen LogP contribution in [-0.4, -0.2) is 43.1 Å². The third kappa shape index (κ3) is 3.90. The number of H-pyrrole nitrogens is 1. The lowest BCUT2D eigenvalue weighted by Crippen LogP contribution is -2.64. The molecule has 5 N–H and O–H groups in total. The van der Waals surface area contributed by atoms with Gasteiger partial charge in [0.1, 0.15) is 11.6 Å². The Kier molecular flexibility index (Phi) is 5.24. The number of amides is 2. The number of sulfonamides is 1. The number of nitrogens with two attached hydrogens (primary N) is 1. The average Bonchev–Trinajstić information content (AvgIpc) is 2.95. The second-order valence-electron chi connectivity index (χ2n) is 7.86. The Morgan fingerprint density at radius 1 is 1.25 bits per heavy atom. The van der Waals surface area contributed by atoms with E-state index in [4.69, 9.17) is 5.73 Å². The van der Waals surface area contributed by atoms with Gasteiger partial charge in [-0.1, -0.05) is 32.0 Å². The summed E-state index contributed by atoms with van der Waals surface area (Å²) in [6.45, 7) is 3.54. The number of rotatable bonds is 6. The number of nitrogens with one attached hydrogen (secondary N) is 3. The van der Waals surface area contributed by atoms with E-state index in [1.807, 2.05) is 24.3 Å². The van der Waals surface area contributed by atoms with Gasteiger partial charge in [-0.3, -0.25) is 9.59 Å². The number of aromatic nitrogens is 1. The summed E-state index contributed by atoms with van der Waals surface area (Å²) in [7, 11) is -3.68. The molecular formula is C19H26N4O4S. The standard InChI is InChI=1S/C19H26N4O4S/c1-11(2)16(17(20)24)22-18(25)19(23-28(3,26)27)9-8-15-13(10-19)12-6-4-5-7-14(12)21-15/h4-7,11,16,21,23H,8-10H2,1-3H3,(H2,20,24)(H,22,25)/t16-,19+/m0/s1. The number of benzene rings is 1. The normalized spacial score (nSPS) is 20.7. The van der Waals surface area contributed by atoms with E-state index in [0.717, 1.165) is 28.4 Å². The monoisotopic (exact) mass is 406 g/mol. The molecule has 8 nitrogen and oxygen atoms in total. The first-order valence-corrected chi connectivity index (χ1v) is 11.1. The van der Waals surface area contributed by atoms with Crippen molar-refractivity contribution in [1.82, 2.24) is 15.0 Å². The van der Waals surface area contributed by atoms with Gasteiger partial charge >= 0.3 is 0 Å². The van der Waals surface area contributed by atoms with Gasteiger partial charge in [-0.05, 0) is 30.4 Å². The number of carbonyl (C=O) groups excluding carboxylic acids is 2. The summed E-state index contributed by atoms with van der Waals surface area (Å²) in [5.74, 6) is -1.41. The number of fused-ring (bicyclic) bond motifs is 3. The van der Waals surface area contributed by atoms with Gasteiger partial charge < -0.3 is 16.0 Å². The predicted octanol–water partition coefficient (Wildman–Crippen LogP) is 0.571. The SMILES string of the molecule is CC(C)[C@H](NC(=O)[C@@]1(NS(C)(=O)=O)CCc2[nH]c3ccccc3c2C1)C(N)=O. The molecule has 1 heterocycles. The quantitative estimate of drug-likeness (QED) is 0.558. The summed E-state index contributed by atoms with van der Waals surface area (Å²) in [4.78, 5) is 28.3. The van der Waals surface area contributed by atoms with Gasteiger partial charge in [-0.25, -0.2) is 8.42 Å². The summed E-state index contributed by atoms with van der Waals surface area (Å²) in [6.07, 6.45) is 1.99. The van der Waals surface area contributed by atoms with E-state index in [-0.39, 0.29) is 18.8 Å². The average molecular weight is 407 g/mol. The van der Waals surface area contributed by atoms with Gasteiger partial charge in [0, 0.05) is 23.0 Å². The maximum absolute atomic E-state index is 13.2. The summed E-state index contributed by atoms with van der Waals surface area (Å²) in [6, 6.07) is 6.83. The van der Waals surface area contributed by atoms with Crippen molar-refractivity contribution in [1.29, 1.82) is 0 Å². The van der Waals surface area contributed by atoms with Crippen molar-refractivity contribution < 1.29 is 18.0 Å². The molecule has 0 spiro atoms. The van der Waals surface area contributed by atoms with E-state index in [1.54, 1.807) is 13.8 Å². The number of primary amides is 1. The number of carbonyl (C=O) groups is 2. The van der Waals surface area contributed by atoms with Crippen molar-refractivity contribution in [2.45, 2.75) is 44.7 Å². The lowest BCUT2D eigenvalue weighted by molar-refractivity contribution is -0.132. The van der Waals surface area contributed by atoms with Crippen molar-refractivity contribution in [3.63, 3.8) is 0 Å². The molecule has 1 aromatic carbocycles. The molecule has 0 unspecified atom stereocenters. The third-order valence-electron chi connectivity index (χ3n) is 5.26. The highest BCUT2D eigenvalue weighted by molar-refractivity contribution is 7.88. The smallest absolute Gasteiger partial charge is 0.242 e. The van der Waals surface area contributed by atoms with Crippen LogP contribution in [-0.2, 0) is 32.5 Å². The fourth-order valence-corrected chi connectivity index (χ4v) is 4.90. The minimum atomic E-state index is -3.68. The molecule has 0 fully saturated rings. The molecule has 0 radical (unpaired) electrons. The second kappa shape index (κ2) is 7.21. The van der Waals surface area contributed by atoms with E-state index in [2.05, 4.69) is 15.0 Å². The highest BCUT2D eigenvalue weighted by Gasteiger charge is 2.45. The summed E-state index contributed by atoms with van der Waals surface area (Å²) >= 11 is 0. The van der Waals surface area contributed by atoms with Crippen LogP contribution < -0.4 is 15.8 Å². The minimum Gasteiger partial charge on any atom is -0.368 e. The lowest BCUT2D eigenvalue weighted by Gasteiger charge is -2.37. The van der Waals surface area contributed by atoms with Crippen molar-refractivity contribution in [2.24, 2.45) is 11.7 Å². The van der Waals surface area contributed by atoms with Gasteiger partial charge in [0.25, 0.3) is 0 Å². The largest absolute Gasteiger partial charge is 0.368 e. The Morgan fingerprint density at radius 3 is 2.54 bits per heavy atom. The van der Waals surface area contributed by atoms with Crippen LogP contribution in [0.4, 0.5) is 0 Å². The molecule has 0 saturated carbocycles. The fourth-order valence-electron chi connectivity index (χ4n) is 3.93. The van der Waals surface area contributed by atoms with Crippen LogP contribution in [0.2, 0.25) is 0 Å². The second-order valence-corrected chi connectivity index (χ2v) is 9.61. The van der Waals surface area contributed by atoms with Gasteiger partial charge in [0.15, 0.2) is 0 Å². The predicted molar refractivity (Wildman–Crippen MR) is 107 cm³/mol. The first-order chi connectivity index (χ1) is 13.0. The fraction of sp³-hybridized carbons (Fsp3) is 0.474. The maximum Gasteiger partial charge on any atom is 0.242 e. The van der Waals surface area contributed by atoms with E-state index < -0.39 is 33.4 Å². The Labute approximate surface area is 164 Å². The molecular weight excluding hydrogens is 380 g/mol. The molecule has 0 aliphatic heterocycles. The molecule has 1 aliphatic rings. The zero-order valence-electron chi connectivity index (χ0n) is 16.2. The molecule has 9 heteroatoms. The zero-order valence-corrected chi connectivity index (χ0v) is 17.0. The molecule has 1 aliphatic carbocycles. The van der Waals surface area contributed by atoms with Crippen molar-refractivity contribution in [2.75, 3.05) is 6.26 Å². The van der Waals surface area contributed by atoms with Crippen LogP contribution in [0.15, 0.2) is 24.3 Å². The van der Waals surface area contributed by atoms with E-state index >= 15 is 0 Å². The summed E-state index contributed by atoms with van der Waals surface area (Å²) in [5.41, 5.74) is 6.89. The summed E-state index contributed by atoms with van der Waals surface area (Å²) in [5, 5.41) is 3.63. The molecule has 0 saturated heterocycles. The van der Waals surface area contributed by atoms with Crippen LogP contribution in [0, 0.1) is 5.92 Å². The van der Waals surface area contributed by atoms with Crippen molar-refractivity contribution in [3.8, 4) is 0 Å². The molecule has 0 bridgehead atoms. The molecule has 2 atom stereocenters. The number of aromatic amines is 1. The third-order valence-corrected chi connectivity index (χ3v) is 6.02. The van der Waals surface area contributed by atoms with Gasteiger partial charge in [-0.2, -0.15) is 4.72 Å². The van der Waals surface area contributed by atoms with Crippen LogP contribution in [0.5, 0.6) is 0 Å². The topological polar surface area (TPSA) is 134 Å². The number of aryl methyl sites for hydroxylation is 1. The van der Waals surface area contributed by atoms with Crippen LogP contribution in [0.25, 0.3) is 10.9 Å². The Balaban J connectivity index is 2.02. The van der Waals surface area contributed by atoms with Crippen molar-refractivity contribution >= 4 is 32.7 Å². The Morgan fingerprint density at radius 2 is 1.93 bits per heavy atom. The highest BCUT2D eigenvalue weighted by atomic mass is 32.2. The Bertz CT molecular complexity index is 1030. The van der Waals surface area contributed by atoms with Crippen LogP contribution in [0.1, 0.15) is 31.5 Å². The lowest BCUT2D eigenvalue weighted by atomic mass is 9.79. The molecule has 2 amide bonds. The summed E-state index contributed by atoms with van der Waals surface area (Å²) < 4.78 is 26.7. The van der Waals surface area contributed by atoms with E-state index in [9.17, 15) is 18.0 Å². The first kappa shape index (κ1) is 20.3. The van der Waals surface area contributed by atoms with E-state index in [1.165, 1.54) is 0 Å².